The van der Waals surface area contributed by atoms with Gasteiger partial charge >= 0.3 is 0 Å². The van der Waals surface area contributed by atoms with Crippen molar-refractivity contribution >= 4 is 0 Å². The Morgan fingerprint density at radius 3 is 1.60 bits per heavy atom. The molecule has 0 radical (unpaired) electrons. The second-order valence-corrected chi connectivity index (χ2v) is 2.68. The summed E-state index contributed by atoms with van der Waals surface area (Å²) in [5.41, 5.74) is 0. The zero-order valence-corrected chi connectivity index (χ0v) is 6.75. The van der Waals surface area contributed by atoms with Crippen molar-refractivity contribution in [2.75, 3.05) is 0 Å². The average Bonchev–Trinajstić information content (AvgIpc) is 2.00. The molecule has 0 fully saturated rings. The van der Waals surface area contributed by atoms with Crippen molar-refractivity contribution in [2.45, 2.75) is 20.0 Å². The van der Waals surface area contributed by atoms with E-state index in [1.807, 2.05) is 13.8 Å². The Bertz CT molecular complexity index is 104. The van der Waals surface area contributed by atoms with E-state index >= 15 is 0 Å². The van der Waals surface area contributed by atoms with Crippen LogP contribution in [0.5, 0.6) is 0 Å². The number of rotatable bonds is 4. The van der Waals surface area contributed by atoms with Crippen LogP contribution < -0.4 is 0 Å². The molecule has 0 spiro atoms. The molecule has 0 rings (SSSR count). The third-order valence-corrected chi connectivity index (χ3v) is 1.82. The van der Waals surface area contributed by atoms with Crippen LogP contribution in [0.25, 0.3) is 0 Å². The first kappa shape index (κ1) is 9.44. The second-order valence-electron chi connectivity index (χ2n) is 2.68. The number of aliphatic hydroxyl groups is 1. The molecular weight excluding hydrogens is 124 g/mol. The predicted octanol–water partition coefficient (Wildman–Crippen LogP) is 1.99. The highest BCUT2D eigenvalue weighted by molar-refractivity contribution is 4.89. The first-order chi connectivity index (χ1) is 4.63. The Balaban J connectivity index is 3.91. The van der Waals surface area contributed by atoms with Crippen LogP contribution in [0, 0.1) is 11.8 Å². The predicted molar refractivity (Wildman–Crippen MR) is 44.7 cm³/mol. The standard InChI is InChI=1S/C9H16O/c1-5-7(3)9(10)8(4)6-2/h5-10H,1-2H2,3-4H3. The molecule has 0 aromatic carbocycles. The zero-order chi connectivity index (χ0) is 8.15. The summed E-state index contributed by atoms with van der Waals surface area (Å²) >= 11 is 0. The van der Waals surface area contributed by atoms with Crippen molar-refractivity contribution in [1.82, 2.24) is 0 Å². The van der Waals surface area contributed by atoms with Gasteiger partial charge in [0.2, 0.25) is 0 Å². The van der Waals surface area contributed by atoms with E-state index in [1.54, 1.807) is 12.2 Å². The van der Waals surface area contributed by atoms with Gasteiger partial charge in [-0.2, -0.15) is 0 Å². The van der Waals surface area contributed by atoms with E-state index in [2.05, 4.69) is 13.2 Å². The Labute approximate surface area is 63.1 Å². The summed E-state index contributed by atoms with van der Waals surface area (Å²) in [6, 6.07) is 0. The quantitative estimate of drug-likeness (QED) is 0.592. The number of aliphatic hydroxyl groups excluding tert-OH is 1. The van der Waals surface area contributed by atoms with Gasteiger partial charge in [-0.05, 0) is 0 Å². The Morgan fingerprint density at radius 1 is 1.10 bits per heavy atom. The molecule has 0 heterocycles. The average molecular weight is 140 g/mol. The minimum atomic E-state index is -0.338. The summed E-state index contributed by atoms with van der Waals surface area (Å²) in [4.78, 5) is 0. The molecule has 2 unspecified atom stereocenters. The lowest BCUT2D eigenvalue weighted by Gasteiger charge is -2.19. The summed E-state index contributed by atoms with van der Waals surface area (Å²) in [5.74, 6) is 0.293. The summed E-state index contributed by atoms with van der Waals surface area (Å²) in [5, 5.41) is 9.44. The van der Waals surface area contributed by atoms with Crippen LogP contribution in [-0.4, -0.2) is 11.2 Å². The van der Waals surface area contributed by atoms with Gasteiger partial charge in [0.15, 0.2) is 0 Å². The highest BCUT2D eigenvalue weighted by Crippen LogP contribution is 2.13. The Morgan fingerprint density at radius 2 is 1.40 bits per heavy atom. The molecular formula is C9H16O. The summed E-state index contributed by atoms with van der Waals surface area (Å²) in [6.45, 7) is 11.1. The van der Waals surface area contributed by atoms with Gasteiger partial charge in [0.1, 0.15) is 0 Å². The van der Waals surface area contributed by atoms with Gasteiger partial charge in [-0.15, -0.1) is 13.2 Å². The van der Waals surface area contributed by atoms with E-state index < -0.39 is 0 Å². The molecule has 0 aromatic rings. The van der Waals surface area contributed by atoms with Gasteiger partial charge in [0, 0.05) is 11.8 Å². The molecule has 2 atom stereocenters. The molecule has 0 aliphatic rings. The van der Waals surface area contributed by atoms with Gasteiger partial charge in [0.05, 0.1) is 6.10 Å². The van der Waals surface area contributed by atoms with E-state index in [9.17, 15) is 5.11 Å². The third-order valence-electron chi connectivity index (χ3n) is 1.82. The third kappa shape index (κ3) is 2.36. The fraction of sp³-hybridized carbons (Fsp3) is 0.556. The van der Waals surface area contributed by atoms with Gasteiger partial charge in [-0.3, -0.25) is 0 Å². The van der Waals surface area contributed by atoms with E-state index in [4.69, 9.17) is 0 Å². The van der Waals surface area contributed by atoms with Crippen molar-refractivity contribution < 1.29 is 5.11 Å². The summed E-state index contributed by atoms with van der Waals surface area (Å²) in [6.07, 6.45) is 3.17. The molecule has 0 bridgehead atoms. The van der Waals surface area contributed by atoms with Crippen molar-refractivity contribution in [3.05, 3.63) is 25.3 Å². The van der Waals surface area contributed by atoms with Gasteiger partial charge < -0.3 is 5.11 Å². The highest BCUT2D eigenvalue weighted by Gasteiger charge is 2.15. The van der Waals surface area contributed by atoms with Crippen LogP contribution in [-0.2, 0) is 0 Å². The van der Waals surface area contributed by atoms with Gasteiger partial charge in [0.25, 0.3) is 0 Å². The zero-order valence-electron chi connectivity index (χ0n) is 6.75. The lowest BCUT2D eigenvalue weighted by atomic mass is 9.94. The fourth-order valence-electron chi connectivity index (χ4n) is 0.758. The van der Waals surface area contributed by atoms with Crippen molar-refractivity contribution in [2.24, 2.45) is 11.8 Å². The van der Waals surface area contributed by atoms with Crippen molar-refractivity contribution in [1.29, 1.82) is 0 Å². The van der Waals surface area contributed by atoms with E-state index in [0.29, 0.717) is 0 Å². The van der Waals surface area contributed by atoms with Gasteiger partial charge in [-0.25, -0.2) is 0 Å². The Kier molecular flexibility index (Phi) is 4.05. The first-order valence-electron chi connectivity index (χ1n) is 3.56. The smallest absolute Gasteiger partial charge is 0.0659 e. The normalized spacial score (nSPS) is 19.1. The molecule has 0 aromatic heterocycles. The van der Waals surface area contributed by atoms with Crippen molar-refractivity contribution in [3.8, 4) is 0 Å². The molecule has 0 aliphatic heterocycles. The SMILES string of the molecule is C=CC(C)C(O)C(C)C=C. The van der Waals surface area contributed by atoms with E-state index in [-0.39, 0.29) is 17.9 Å². The molecule has 1 nitrogen and oxygen atoms in total. The number of hydrogen-bond acceptors (Lipinski definition) is 1. The second kappa shape index (κ2) is 4.29. The highest BCUT2D eigenvalue weighted by atomic mass is 16.3. The molecule has 0 saturated heterocycles. The molecule has 1 N–H and O–H groups in total. The number of hydrogen-bond donors (Lipinski definition) is 1. The molecule has 1 heteroatoms. The van der Waals surface area contributed by atoms with Crippen LogP contribution >= 0.6 is 0 Å². The maximum atomic E-state index is 9.44. The van der Waals surface area contributed by atoms with Crippen molar-refractivity contribution in [3.63, 3.8) is 0 Å². The summed E-state index contributed by atoms with van der Waals surface area (Å²) in [7, 11) is 0. The lowest BCUT2D eigenvalue weighted by Crippen LogP contribution is -2.22. The monoisotopic (exact) mass is 140 g/mol. The van der Waals surface area contributed by atoms with E-state index in [0.717, 1.165) is 0 Å². The molecule has 0 amide bonds. The van der Waals surface area contributed by atoms with Crippen LogP contribution in [0.1, 0.15) is 13.8 Å². The maximum Gasteiger partial charge on any atom is 0.0659 e. The van der Waals surface area contributed by atoms with Crippen LogP contribution in [0.4, 0.5) is 0 Å². The van der Waals surface area contributed by atoms with Gasteiger partial charge in [-0.1, -0.05) is 26.0 Å². The molecule has 0 saturated carbocycles. The Hall–Kier alpha value is -0.560. The van der Waals surface area contributed by atoms with Crippen LogP contribution in [0.2, 0.25) is 0 Å². The van der Waals surface area contributed by atoms with Crippen LogP contribution in [0.15, 0.2) is 25.3 Å². The topological polar surface area (TPSA) is 20.2 Å². The largest absolute Gasteiger partial charge is 0.392 e. The van der Waals surface area contributed by atoms with E-state index in [1.165, 1.54) is 0 Å². The fourth-order valence-corrected chi connectivity index (χ4v) is 0.758. The minimum absolute atomic E-state index is 0.146. The summed E-state index contributed by atoms with van der Waals surface area (Å²) < 4.78 is 0. The molecule has 58 valence electrons. The minimum Gasteiger partial charge on any atom is -0.392 e. The maximum absolute atomic E-state index is 9.44. The molecule has 10 heavy (non-hydrogen) atoms. The molecule has 0 aliphatic carbocycles. The lowest BCUT2D eigenvalue weighted by molar-refractivity contribution is 0.103. The first-order valence-corrected chi connectivity index (χ1v) is 3.56. The van der Waals surface area contributed by atoms with Crippen LogP contribution in [0.3, 0.4) is 0 Å².